The number of nitrogens with zero attached hydrogens (tertiary/aromatic N) is 4. The Morgan fingerprint density at radius 2 is 1.96 bits per heavy atom. The molecule has 118 valence electrons. The third-order valence-corrected chi connectivity index (χ3v) is 4.00. The van der Waals surface area contributed by atoms with E-state index in [4.69, 9.17) is 0 Å². The number of hydrogen-bond donors (Lipinski definition) is 0. The molecule has 0 unspecified atom stereocenters. The van der Waals surface area contributed by atoms with E-state index in [1.54, 1.807) is 18.5 Å². The van der Waals surface area contributed by atoms with E-state index in [0.29, 0.717) is 12.1 Å². The lowest BCUT2D eigenvalue weighted by atomic mass is 10.1. The van der Waals surface area contributed by atoms with E-state index in [9.17, 15) is 4.79 Å². The normalized spacial score (nSPS) is 11.1. The number of carbonyl (C=O) groups excluding carboxylic acids is 1. The van der Waals surface area contributed by atoms with Crippen LogP contribution in [0, 0.1) is 0 Å². The van der Waals surface area contributed by atoms with Gasteiger partial charge in [0.05, 0.1) is 17.6 Å². The van der Waals surface area contributed by atoms with Crippen LogP contribution in [0.15, 0.2) is 48.9 Å². The van der Waals surface area contributed by atoms with E-state index in [-0.39, 0.29) is 11.9 Å². The lowest BCUT2D eigenvalue weighted by molar-refractivity contribution is 0.0685. The Bertz CT molecular complexity index is 832. The fourth-order valence-corrected chi connectivity index (χ4v) is 2.63. The van der Waals surface area contributed by atoms with Gasteiger partial charge in [-0.05, 0) is 26.0 Å². The summed E-state index contributed by atoms with van der Waals surface area (Å²) in [7, 11) is 1.94. The van der Waals surface area contributed by atoms with E-state index in [1.165, 1.54) is 0 Å². The molecule has 0 aliphatic carbocycles. The van der Waals surface area contributed by atoms with Gasteiger partial charge in [-0.1, -0.05) is 18.2 Å². The fraction of sp³-hybridized carbons (Fsp3) is 0.278. The molecule has 0 aliphatic heterocycles. The summed E-state index contributed by atoms with van der Waals surface area (Å²) in [5, 5.41) is 0.880. The van der Waals surface area contributed by atoms with E-state index in [1.807, 2.05) is 60.8 Å². The molecule has 1 amide bonds. The minimum atomic E-state index is 0.00148. The van der Waals surface area contributed by atoms with E-state index in [0.717, 1.165) is 16.7 Å². The van der Waals surface area contributed by atoms with E-state index < -0.39 is 0 Å². The van der Waals surface area contributed by atoms with E-state index >= 15 is 0 Å². The van der Waals surface area contributed by atoms with Crippen molar-refractivity contribution in [3.05, 3.63) is 60.3 Å². The van der Waals surface area contributed by atoms with Gasteiger partial charge in [0.25, 0.3) is 5.91 Å². The minimum Gasteiger partial charge on any atom is -0.337 e. The van der Waals surface area contributed by atoms with Crippen LogP contribution in [-0.4, -0.2) is 31.4 Å². The van der Waals surface area contributed by atoms with Crippen LogP contribution in [0.3, 0.4) is 0 Å². The molecule has 0 fully saturated rings. The van der Waals surface area contributed by atoms with Gasteiger partial charge in [0, 0.05) is 37.1 Å². The highest BCUT2D eigenvalue weighted by Gasteiger charge is 2.22. The Morgan fingerprint density at radius 3 is 2.65 bits per heavy atom. The first kappa shape index (κ1) is 15.2. The van der Waals surface area contributed by atoms with Gasteiger partial charge < -0.3 is 9.47 Å². The first-order valence-electron chi connectivity index (χ1n) is 7.69. The molecular formula is C18H20N4O. The van der Waals surface area contributed by atoms with Gasteiger partial charge in [0.1, 0.15) is 5.82 Å². The molecular weight excluding hydrogens is 288 g/mol. The van der Waals surface area contributed by atoms with Crippen molar-refractivity contribution < 1.29 is 4.79 Å². The van der Waals surface area contributed by atoms with Crippen LogP contribution in [0.2, 0.25) is 0 Å². The highest BCUT2D eigenvalue weighted by Crippen LogP contribution is 2.20. The molecule has 23 heavy (non-hydrogen) atoms. The SMILES string of the molecule is CC(C)N(Cc1nccn1C)C(=O)c1ccnc2ccccc12. The van der Waals surface area contributed by atoms with Gasteiger partial charge in [-0.3, -0.25) is 9.78 Å². The lowest BCUT2D eigenvalue weighted by Gasteiger charge is -2.27. The smallest absolute Gasteiger partial charge is 0.255 e. The van der Waals surface area contributed by atoms with Crippen LogP contribution in [0.1, 0.15) is 30.0 Å². The van der Waals surface area contributed by atoms with Crippen molar-refractivity contribution in [1.29, 1.82) is 0 Å². The summed E-state index contributed by atoms with van der Waals surface area (Å²) in [6.07, 6.45) is 5.33. The second-order valence-corrected chi connectivity index (χ2v) is 5.86. The molecule has 3 aromatic rings. The van der Waals surface area contributed by atoms with Crippen LogP contribution < -0.4 is 0 Å². The molecule has 0 N–H and O–H groups in total. The molecule has 5 nitrogen and oxygen atoms in total. The number of carbonyl (C=O) groups is 1. The van der Waals surface area contributed by atoms with Crippen LogP contribution in [0.5, 0.6) is 0 Å². The molecule has 0 saturated heterocycles. The summed E-state index contributed by atoms with van der Waals surface area (Å²) >= 11 is 0. The zero-order valence-corrected chi connectivity index (χ0v) is 13.6. The zero-order valence-electron chi connectivity index (χ0n) is 13.6. The van der Waals surface area contributed by atoms with Crippen molar-refractivity contribution in [3.63, 3.8) is 0 Å². The lowest BCUT2D eigenvalue weighted by Crippen LogP contribution is -2.37. The summed E-state index contributed by atoms with van der Waals surface area (Å²) in [6, 6.07) is 9.58. The quantitative estimate of drug-likeness (QED) is 0.744. The highest BCUT2D eigenvalue weighted by atomic mass is 16.2. The predicted molar refractivity (Wildman–Crippen MR) is 90.0 cm³/mol. The maximum Gasteiger partial charge on any atom is 0.255 e. The van der Waals surface area contributed by atoms with Crippen LogP contribution in [-0.2, 0) is 13.6 Å². The Balaban J connectivity index is 1.99. The number of amides is 1. The second-order valence-electron chi connectivity index (χ2n) is 5.86. The second kappa shape index (κ2) is 6.20. The van der Waals surface area contributed by atoms with Crippen molar-refractivity contribution in [1.82, 2.24) is 19.4 Å². The first-order chi connectivity index (χ1) is 11.1. The third kappa shape index (κ3) is 2.95. The number of benzene rings is 1. The maximum absolute atomic E-state index is 13.1. The molecule has 2 heterocycles. The molecule has 3 rings (SSSR count). The number of pyridine rings is 1. The van der Waals surface area contributed by atoms with Crippen LogP contribution in [0.4, 0.5) is 0 Å². The van der Waals surface area contributed by atoms with Crippen molar-refractivity contribution in [2.45, 2.75) is 26.4 Å². The summed E-state index contributed by atoms with van der Waals surface area (Å²) in [5.41, 5.74) is 1.51. The topological polar surface area (TPSA) is 51.0 Å². The van der Waals surface area contributed by atoms with Gasteiger partial charge in [0.15, 0.2) is 0 Å². The summed E-state index contributed by atoms with van der Waals surface area (Å²) in [5.74, 6) is 0.868. The number of para-hydroxylation sites is 1. The third-order valence-electron chi connectivity index (χ3n) is 4.00. The van der Waals surface area contributed by atoms with Gasteiger partial charge in [0.2, 0.25) is 0 Å². The first-order valence-corrected chi connectivity index (χ1v) is 7.69. The van der Waals surface area contributed by atoms with Crippen LogP contribution in [0.25, 0.3) is 10.9 Å². The van der Waals surface area contributed by atoms with Crippen molar-refractivity contribution in [3.8, 4) is 0 Å². The van der Waals surface area contributed by atoms with Gasteiger partial charge in [-0.15, -0.1) is 0 Å². The van der Waals surface area contributed by atoms with Crippen molar-refractivity contribution in [2.75, 3.05) is 0 Å². The number of imidazole rings is 1. The van der Waals surface area contributed by atoms with Crippen molar-refractivity contribution in [2.24, 2.45) is 7.05 Å². The maximum atomic E-state index is 13.1. The largest absolute Gasteiger partial charge is 0.337 e. The molecule has 0 bridgehead atoms. The summed E-state index contributed by atoms with van der Waals surface area (Å²) in [6.45, 7) is 4.52. The molecule has 0 saturated carbocycles. The van der Waals surface area contributed by atoms with Gasteiger partial charge in [-0.25, -0.2) is 4.98 Å². The molecule has 0 atom stereocenters. The number of hydrogen-bond acceptors (Lipinski definition) is 3. The number of fused-ring (bicyclic) bond motifs is 1. The monoisotopic (exact) mass is 308 g/mol. The Hall–Kier alpha value is -2.69. The molecule has 0 spiro atoms. The van der Waals surface area contributed by atoms with E-state index in [2.05, 4.69) is 9.97 Å². The molecule has 0 radical (unpaired) electrons. The standard InChI is InChI=1S/C18H20N4O/c1-13(2)22(12-17-20-10-11-21(17)3)18(23)15-8-9-19-16-7-5-4-6-14(15)16/h4-11,13H,12H2,1-3H3. The molecule has 0 aliphatic rings. The molecule has 2 aromatic heterocycles. The average Bonchev–Trinajstić information content (AvgIpc) is 2.96. The Labute approximate surface area is 135 Å². The van der Waals surface area contributed by atoms with Gasteiger partial charge in [-0.2, -0.15) is 0 Å². The highest BCUT2D eigenvalue weighted by molar-refractivity contribution is 6.06. The Kier molecular flexibility index (Phi) is 4.10. The number of rotatable bonds is 4. The zero-order chi connectivity index (χ0) is 16.4. The van der Waals surface area contributed by atoms with Gasteiger partial charge >= 0.3 is 0 Å². The average molecular weight is 308 g/mol. The number of aryl methyl sites for hydroxylation is 1. The van der Waals surface area contributed by atoms with Crippen molar-refractivity contribution >= 4 is 16.8 Å². The number of aromatic nitrogens is 3. The predicted octanol–water partition coefficient (Wildman–Crippen LogP) is 3.02. The summed E-state index contributed by atoms with van der Waals surface area (Å²) < 4.78 is 1.94. The Morgan fingerprint density at radius 1 is 1.17 bits per heavy atom. The molecule has 5 heteroatoms. The van der Waals surface area contributed by atoms with Crippen LogP contribution >= 0.6 is 0 Å². The summed E-state index contributed by atoms with van der Waals surface area (Å²) in [4.78, 5) is 23.6. The molecule has 1 aromatic carbocycles. The minimum absolute atomic E-state index is 0.00148. The fourth-order valence-electron chi connectivity index (χ4n) is 2.63.